The molecule has 144 valence electrons. The van der Waals surface area contributed by atoms with Gasteiger partial charge in [-0.05, 0) is 48.4 Å². The van der Waals surface area contributed by atoms with Gasteiger partial charge in [0.25, 0.3) is 5.91 Å². The molecule has 1 unspecified atom stereocenters. The van der Waals surface area contributed by atoms with E-state index in [-0.39, 0.29) is 11.9 Å². The average Bonchev–Trinajstić information content (AvgIpc) is 2.78. The molecule has 0 radical (unpaired) electrons. The molecule has 0 saturated carbocycles. The van der Waals surface area contributed by atoms with Crippen LogP contribution in [0.5, 0.6) is 5.75 Å². The van der Waals surface area contributed by atoms with Crippen molar-refractivity contribution in [2.24, 2.45) is 0 Å². The van der Waals surface area contributed by atoms with Gasteiger partial charge < -0.3 is 10.1 Å². The van der Waals surface area contributed by atoms with Gasteiger partial charge in [0.05, 0.1) is 18.7 Å². The van der Waals surface area contributed by atoms with E-state index in [0.29, 0.717) is 11.2 Å². The molecule has 1 N–H and O–H groups in total. The Balaban J connectivity index is 1.71. The van der Waals surface area contributed by atoms with Gasteiger partial charge in [-0.1, -0.05) is 18.2 Å². The Bertz CT molecular complexity index is 1160. The lowest BCUT2D eigenvalue weighted by Gasteiger charge is -2.17. The number of para-hydroxylation sites is 1. The molecule has 0 fully saturated rings. The van der Waals surface area contributed by atoms with Crippen LogP contribution in [-0.4, -0.2) is 28.0 Å². The van der Waals surface area contributed by atoms with Gasteiger partial charge in [-0.15, -0.1) is 0 Å². The molecule has 1 atom stereocenters. The smallest absolute Gasteiger partial charge is 0.270 e. The van der Waals surface area contributed by atoms with Crippen LogP contribution in [0, 0.1) is 0 Å². The fourth-order valence-corrected chi connectivity index (χ4v) is 3.33. The molecule has 0 aliphatic heterocycles. The van der Waals surface area contributed by atoms with Crippen molar-refractivity contribution in [2.45, 2.75) is 13.0 Å². The van der Waals surface area contributed by atoms with E-state index in [9.17, 15) is 4.79 Å². The molecule has 4 aromatic rings. The summed E-state index contributed by atoms with van der Waals surface area (Å²) >= 11 is 0. The lowest BCUT2D eigenvalue weighted by molar-refractivity contribution is 0.0935. The topological polar surface area (TPSA) is 77.0 Å². The third-order valence-electron chi connectivity index (χ3n) is 4.79. The van der Waals surface area contributed by atoms with Crippen molar-refractivity contribution in [2.75, 3.05) is 7.11 Å². The Morgan fingerprint density at radius 2 is 1.79 bits per heavy atom. The van der Waals surface area contributed by atoms with Gasteiger partial charge in [0.1, 0.15) is 11.4 Å². The molecule has 0 aliphatic rings. The molecule has 1 amide bonds. The van der Waals surface area contributed by atoms with E-state index in [2.05, 4.69) is 20.3 Å². The summed E-state index contributed by atoms with van der Waals surface area (Å²) in [5.41, 5.74) is 3.80. The second kappa shape index (κ2) is 8.06. The van der Waals surface area contributed by atoms with E-state index in [4.69, 9.17) is 4.74 Å². The molecule has 3 heterocycles. The Labute approximate surface area is 168 Å². The molecule has 29 heavy (non-hydrogen) atoms. The van der Waals surface area contributed by atoms with E-state index in [1.54, 1.807) is 44.0 Å². The molecule has 1 aromatic carbocycles. The van der Waals surface area contributed by atoms with Crippen LogP contribution in [0.15, 0.2) is 73.3 Å². The van der Waals surface area contributed by atoms with Gasteiger partial charge in [-0.2, -0.15) is 0 Å². The molecular formula is C23H20N4O2. The highest BCUT2D eigenvalue weighted by atomic mass is 16.5. The monoisotopic (exact) mass is 384 g/mol. The lowest BCUT2D eigenvalue weighted by atomic mass is 10.0. The third-order valence-corrected chi connectivity index (χ3v) is 4.79. The van der Waals surface area contributed by atoms with Crippen molar-refractivity contribution in [3.05, 3.63) is 84.6 Å². The zero-order chi connectivity index (χ0) is 20.2. The summed E-state index contributed by atoms with van der Waals surface area (Å²) in [5.74, 6) is 0.479. The summed E-state index contributed by atoms with van der Waals surface area (Å²) < 4.78 is 5.41. The molecule has 0 bridgehead atoms. The number of nitrogens with zero attached hydrogens (tertiary/aromatic N) is 3. The minimum absolute atomic E-state index is 0.238. The number of pyridine rings is 3. The first-order chi connectivity index (χ1) is 14.2. The number of fused-ring (bicyclic) bond motifs is 1. The SMILES string of the molecule is COc1ccccc1C(C)NC(=O)c1cc(-c2ccncc2)c2cnccc2n1. The second-order valence-corrected chi connectivity index (χ2v) is 6.62. The fraction of sp³-hybridized carbons (Fsp3) is 0.130. The number of methoxy groups -OCH3 is 1. The maximum absolute atomic E-state index is 13.0. The summed E-state index contributed by atoms with van der Waals surface area (Å²) in [6.45, 7) is 1.92. The number of nitrogens with one attached hydrogen (secondary N) is 1. The van der Waals surface area contributed by atoms with Crippen molar-refractivity contribution in [1.29, 1.82) is 0 Å². The number of carbonyl (C=O) groups excluding carboxylic acids is 1. The molecule has 0 aliphatic carbocycles. The first-order valence-corrected chi connectivity index (χ1v) is 9.26. The van der Waals surface area contributed by atoms with Crippen molar-refractivity contribution >= 4 is 16.8 Å². The summed E-state index contributed by atoms with van der Waals surface area (Å²) in [7, 11) is 1.62. The van der Waals surface area contributed by atoms with Crippen molar-refractivity contribution in [3.63, 3.8) is 0 Å². The highest BCUT2D eigenvalue weighted by molar-refractivity contribution is 6.01. The highest BCUT2D eigenvalue weighted by Crippen LogP contribution is 2.28. The normalized spacial score (nSPS) is 11.8. The average molecular weight is 384 g/mol. The van der Waals surface area contributed by atoms with Gasteiger partial charge in [0.15, 0.2) is 0 Å². The number of carbonyl (C=O) groups is 1. The summed E-state index contributed by atoms with van der Waals surface area (Å²) in [6, 6.07) is 14.8. The second-order valence-electron chi connectivity index (χ2n) is 6.62. The number of hydrogen-bond acceptors (Lipinski definition) is 5. The van der Waals surface area contributed by atoms with E-state index < -0.39 is 0 Å². The Morgan fingerprint density at radius 3 is 2.59 bits per heavy atom. The van der Waals surface area contributed by atoms with Gasteiger partial charge in [0.2, 0.25) is 0 Å². The zero-order valence-corrected chi connectivity index (χ0v) is 16.2. The number of amides is 1. The number of ether oxygens (including phenoxy) is 1. The van der Waals surface area contributed by atoms with Crippen molar-refractivity contribution < 1.29 is 9.53 Å². The van der Waals surface area contributed by atoms with Crippen molar-refractivity contribution in [1.82, 2.24) is 20.3 Å². The molecule has 4 rings (SSSR count). The van der Waals surface area contributed by atoms with Crippen LogP contribution in [0.1, 0.15) is 29.0 Å². The Hall–Kier alpha value is -3.80. The Kier molecular flexibility index (Phi) is 5.16. The van der Waals surface area contributed by atoms with Crippen LogP contribution in [0.3, 0.4) is 0 Å². The maximum atomic E-state index is 13.0. The van der Waals surface area contributed by atoms with Crippen LogP contribution in [-0.2, 0) is 0 Å². The standard InChI is InChI=1S/C23H20N4O2/c1-15(17-5-3-4-6-22(17)29-2)26-23(28)21-13-18(16-7-10-24-11-8-16)19-14-25-12-9-20(19)27-21/h3-15H,1-2H3,(H,26,28). The van der Waals surface area contributed by atoms with Gasteiger partial charge in [-0.3, -0.25) is 14.8 Å². The molecule has 0 spiro atoms. The first-order valence-electron chi connectivity index (χ1n) is 9.26. The quantitative estimate of drug-likeness (QED) is 0.558. The summed E-state index contributed by atoms with van der Waals surface area (Å²) in [4.78, 5) is 25.9. The van der Waals surface area contributed by atoms with E-state index >= 15 is 0 Å². The first kappa shape index (κ1) is 18.6. The predicted molar refractivity (Wildman–Crippen MR) is 112 cm³/mol. The summed E-state index contributed by atoms with van der Waals surface area (Å²) in [6.07, 6.45) is 6.88. The zero-order valence-electron chi connectivity index (χ0n) is 16.2. The summed E-state index contributed by atoms with van der Waals surface area (Å²) in [5, 5.41) is 3.90. The molecule has 3 aromatic heterocycles. The molecule has 6 nitrogen and oxygen atoms in total. The molecule has 6 heteroatoms. The minimum Gasteiger partial charge on any atom is -0.496 e. The predicted octanol–water partition coefficient (Wildman–Crippen LogP) is 4.19. The fourth-order valence-electron chi connectivity index (χ4n) is 3.33. The number of benzene rings is 1. The van der Waals surface area contributed by atoms with Crippen LogP contribution >= 0.6 is 0 Å². The maximum Gasteiger partial charge on any atom is 0.270 e. The van der Waals surface area contributed by atoms with E-state index in [0.717, 1.165) is 27.8 Å². The minimum atomic E-state index is -0.252. The molecule has 0 saturated heterocycles. The highest BCUT2D eigenvalue weighted by Gasteiger charge is 2.18. The van der Waals surface area contributed by atoms with E-state index in [1.165, 1.54) is 0 Å². The van der Waals surface area contributed by atoms with Crippen LogP contribution < -0.4 is 10.1 Å². The Morgan fingerprint density at radius 1 is 1.03 bits per heavy atom. The van der Waals surface area contributed by atoms with Gasteiger partial charge in [-0.25, -0.2) is 4.98 Å². The van der Waals surface area contributed by atoms with Crippen molar-refractivity contribution in [3.8, 4) is 16.9 Å². The third kappa shape index (κ3) is 3.78. The van der Waals surface area contributed by atoms with Gasteiger partial charge in [0, 0.05) is 35.7 Å². The molecular weight excluding hydrogens is 364 g/mol. The van der Waals surface area contributed by atoms with Crippen LogP contribution in [0.4, 0.5) is 0 Å². The van der Waals surface area contributed by atoms with Crippen LogP contribution in [0.25, 0.3) is 22.0 Å². The van der Waals surface area contributed by atoms with Gasteiger partial charge >= 0.3 is 0 Å². The largest absolute Gasteiger partial charge is 0.496 e. The number of aromatic nitrogens is 3. The van der Waals surface area contributed by atoms with E-state index in [1.807, 2.05) is 43.3 Å². The number of rotatable bonds is 5. The lowest BCUT2D eigenvalue weighted by Crippen LogP contribution is -2.27. The van der Waals surface area contributed by atoms with Crippen LogP contribution in [0.2, 0.25) is 0 Å². The number of hydrogen-bond donors (Lipinski definition) is 1.